The number of rotatable bonds is 4. The quantitative estimate of drug-likeness (QED) is 0.864. The van der Waals surface area contributed by atoms with Crippen molar-refractivity contribution in [2.24, 2.45) is 0 Å². The number of hydrogen-bond donors (Lipinski definition) is 1. The van der Waals surface area contributed by atoms with Gasteiger partial charge in [0.1, 0.15) is 0 Å². The molecule has 0 amide bonds. The van der Waals surface area contributed by atoms with Gasteiger partial charge in [-0.25, -0.2) is 9.78 Å². The van der Waals surface area contributed by atoms with E-state index < -0.39 is 5.97 Å². The van der Waals surface area contributed by atoms with E-state index in [1.165, 1.54) is 18.4 Å². The molecule has 0 radical (unpaired) electrons. The molecule has 0 bridgehead atoms. The number of piperazine rings is 1. The number of nitrogens with one attached hydrogen (secondary N) is 1. The Morgan fingerprint density at radius 2 is 2.47 bits per heavy atom. The van der Waals surface area contributed by atoms with E-state index in [1.54, 1.807) is 0 Å². The fourth-order valence-corrected chi connectivity index (χ4v) is 3.42. The third kappa shape index (κ3) is 3.38. The molecule has 7 heteroatoms. The van der Waals surface area contributed by atoms with Gasteiger partial charge in [-0.05, 0) is 6.42 Å². The fourth-order valence-electron chi connectivity index (χ4n) is 2.19. The highest BCUT2D eigenvalue weighted by Crippen LogP contribution is 2.30. The first-order valence-corrected chi connectivity index (χ1v) is 7.58. The molecule has 1 aliphatic rings. The zero-order chi connectivity index (χ0) is 13.8. The molecule has 0 aliphatic carbocycles. The van der Waals surface area contributed by atoms with Gasteiger partial charge in [0.25, 0.3) is 0 Å². The number of esters is 1. The van der Waals surface area contributed by atoms with Crippen LogP contribution < -0.4 is 10.2 Å². The summed E-state index contributed by atoms with van der Waals surface area (Å²) in [6, 6.07) is 0.475. The van der Waals surface area contributed by atoms with Crippen LogP contribution in [0.5, 0.6) is 0 Å². The van der Waals surface area contributed by atoms with E-state index in [4.69, 9.17) is 16.3 Å². The molecule has 19 heavy (non-hydrogen) atoms. The van der Waals surface area contributed by atoms with Crippen molar-refractivity contribution in [3.8, 4) is 0 Å². The molecule has 106 valence electrons. The van der Waals surface area contributed by atoms with Crippen molar-refractivity contribution in [1.82, 2.24) is 10.3 Å². The molecule has 1 fully saturated rings. The second-order valence-electron chi connectivity index (χ2n) is 4.49. The molecule has 0 aromatic carbocycles. The highest BCUT2D eigenvalue weighted by Gasteiger charge is 2.24. The number of ether oxygens (including phenoxy) is 1. The highest BCUT2D eigenvalue weighted by molar-refractivity contribution is 7.18. The minimum absolute atomic E-state index is 0.234. The van der Waals surface area contributed by atoms with Crippen LogP contribution in [0.15, 0.2) is 0 Å². The molecule has 1 aromatic heterocycles. The van der Waals surface area contributed by atoms with Crippen molar-refractivity contribution < 1.29 is 9.53 Å². The summed E-state index contributed by atoms with van der Waals surface area (Å²) in [7, 11) is 1.35. The lowest BCUT2D eigenvalue weighted by atomic mass is 10.1. The molecule has 1 aliphatic heterocycles. The Bertz CT molecular complexity index is 450. The zero-order valence-corrected chi connectivity index (χ0v) is 12.7. The number of methoxy groups -OCH3 is 1. The van der Waals surface area contributed by atoms with Gasteiger partial charge in [-0.1, -0.05) is 36.3 Å². The third-order valence-electron chi connectivity index (χ3n) is 3.11. The number of anilines is 1. The van der Waals surface area contributed by atoms with Crippen LogP contribution in [0.2, 0.25) is 5.15 Å². The van der Waals surface area contributed by atoms with Crippen LogP contribution in [-0.2, 0) is 4.74 Å². The van der Waals surface area contributed by atoms with Crippen molar-refractivity contribution in [1.29, 1.82) is 0 Å². The monoisotopic (exact) mass is 303 g/mol. The second kappa shape index (κ2) is 6.54. The fraction of sp³-hybridized carbons (Fsp3) is 0.667. The Labute approximate surface area is 121 Å². The molecule has 0 spiro atoms. The average Bonchev–Trinajstić information content (AvgIpc) is 2.81. The van der Waals surface area contributed by atoms with E-state index in [1.807, 2.05) is 0 Å². The van der Waals surface area contributed by atoms with Gasteiger partial charge >= 0.3 is 5.97 Å². The van der Waals surface area contributed by atoms with Gasteiger partial charge in [-0.15, -0.1) is 0 Å². The van der Waals surface area contributed by atoms with Crippen molar-refractivity contribution in [2.45, 2.75) is 25.8 Å². The molecular formula is C12H18ClN3O2S. The maximum atomic E-state index is 11.5. The molecule has 2 heterocycles. The summed E-state index contributed by atoms with van der Waals surface area (Å²) in [6.07, 6.45) is 2.29. The zero-order valence-electron chi connectivity index (χ0n) is 11.1. The Kier molecular flexibility index (Phi) is 5.01. The molecule has 0 saturated carbocycles. The Balaban J connectivity index is 2.11. The van der Waals surface area contributed by atoms with Crippen LogP contribution in [0.25, 0.3) is 0 Å². The molecule has 1 atom stereocenters. The van der Waals surface area contributed by atoms with E-state index in [0.717, 1.165) is 37.6 Å². The van der Waals surface area contributed by atoms with E-state index in [2.05, 4.69) is 22.1 Å². The number of carbonyl (C=O) groups is 1. The molecule has 5 nitrogen and oxygen atoms in total. The van der Waals surface area contributed by atoms with Gasteiger partial charge in [0.2, 0.25) is 0 Å². The minimum Gasteiger partial charge on any atom is -0.465 e. The first-order valence-electron chi connectivity index (χ1n) is 6.38. The largest absolute Gasteiger partial charge is 0.465 e. The van der Waals surface area contributed by atoms with E-state index in [0.29, 0.717) is 10.9 Å². The lowest BCUT2D eigenvalue weighted by molar-refractivity contribution is 0.0606. The van der Waals surface area contributed by atoms with Crippen molar-refractivity contribution in [3.63, 3.8) is 0 Å². The van der Waals surface area contributed by atoms with Crippen LogP contribution >= 0.6 is 22.9 Å². The lowest BCUT2D eigenvalue weighted by Gasteiger charge is -2.33. The van der Waals surface area contributed by atoms with Crippen LogP contribution in [0.3, 0.4) is 0 Å². The minimum atomic E-state index is -0.422. The van der Waals surface area contributed by atoms with Crippen LogP contribution in [-0.4, -0.2) is 43.7 Å². The summed E-state index contributed by atoms with van der Waals surface area (Å²) < 4.78 is 4.69. The predicted octanol–water partition coefficient (Wildman–Crippen LogP) is 2.16. The predicted molar refractivity (Wildman–Crippen MR) is 77.4 cm³/mol. The van der Waals surface area contributed by atoms with E-state index >= 15 is 0 Å². The lowest BCUT2D eigenvalue weighted by Crippen LogP contribution is -2.50. The Morgan fingerprint density at radius 3 is 3.16 bits per heavy atom. The Morgan fingerprint density at radius 1 is 1.68 bits per heavy atom. The summed E-state index contributed by atoms with van der Waals surface area (Å²) in [6.45, 7) is 4.88. The van der Waals surface area contributed by atoms with E-state index in [-0.39, 0.29) is 5.15 Å². The van der Waals surface area contributed by atoms with Crippen LogP contribution in [0, 0.1) is 0 Å². The summed E-state index contributed by atoms with van der Waals surface area (Å²) in [5.41, 5.74) is 0. The van der Waals surface area contributed by atoms with Crippen molar-refractivity contribution in [2.75, 3.05) is 31.6 Å². The van der Waals surface area contributed by atoms with Gasteiger partial charge < -0.3 is 15.0 Å². The summed E-state index contributed by atoms with van der Waals surface area (Å²) in [5, 5.41) is 4.52. The first kappa shape index (κ1) is 14.6. The molecular weight excluding hydrogens is 286 g/mol. The topological polar surface area (TPSA) is 54.5 Å². The van der Waals surface area contributed by atoms with E-state index in [9.17, 15) is 4.79 Å². The van der Waals surface area contributed by atoms with Gasteiger partial charge in [-0.2, -0.15) is 0 Å². The number of carbonyl (C=O) groups excluding carboxylic acids is 1. The second-order valence-corrected chi connectivity index (χ2v) is 5.83. The van der Waals surface area contributed by atoms with Gasteiger partial charge in [0.05, 0.1) is 7.11 Å². The van der Waals surface area contributed by atoms with Crippen LogP contribution in [0.4, 0.5) is 5.13 Å². The maximum absolute atomic E-state index is 11.5. The Hall–Kier alpha value is -0.850. The number of nitrogens with zero attached hydrogens (tertiary/aromatic N) is 2. The summed E-state index contributed by atoms with van der Waals surface area (Å²) in [4.78, 5) is 18.4. The normalized spacial score (nSPS) is 19.5. The first-order chi connectivity index (χ1) is 9.15. The molecule has 1 aromatic rings. The standard InChI is InChI=1S/C12H18ClN3O2S/c1-3-4-8-7-16(6-5-14-8)12-15-10(13)9(19-12)11(17)18-2/h8,14H,3-7H2,1-2H3. The number of thiazole rings is 1. The number of hydrogen-bond acceptors (Lipinski definition) is 6. The smallest absolute Gasteiger partial charge is 0.351 e. The highest BCUT2D eigenvalue weighted by atomic mass is 35.5. The number of aromatic nitrogens is 1. The van der Waals surface area contributed by atoms with Gasteiger partial charge in [0, 0.05) is 25.7 Å². The molecule has 1 N–H and O–H groups in total. The maximum Gasteiger partial charge on any atom is 0.351 e. The van der Waals surface area contributed by atoms with Crippen molar-refractivity contribution in [3.05, 3.63) is 10.0 Å². The third-order valence-corrected chi connectivity index (χ3v) is 4.59. The molecule has 1 unspecified atom stereocenters. The number of halogens is 1. The molecule has 1 saturated heterocycles. The SMILES string of the molecule is CCCC1CN(c2nc(Cl)c(C(=O)OC)s2)CCN1. The molecule has 2 rings (SSSR count). The van der Waals surface area contributed by atoms with Crippen molar-refractivity contribution >= 4 is 34.0 Å². The summed E-state index contributed by atoms with van der Waals surface area (Å²) >= 11 is 7.29. The van der Waals surface area contributed by atoms with Gasteiger partial charge in [0.15, 0.2) is 15.2 Å². The summed E-state index contributed by atoms with van der Waals surface area (Å²) in [5.74, 6) is -0.422. The van der Waals surface area contributed by atoms with Crippen LogP contribution in [0.1, 0.15) is 29.4 Å². The average molecular weight is 304 g/mol. The van der Waals surface area contributed by atoms with Gasteiger partial charge in [-0.3, -0.25) is 0 Å².